The molecule has 0 aliphatic heterocycles. The lowest BCUT2D eigenvalue weighted by atomic mass is 10.3. The first kappa shape index (κ1) is 19.3. The van der Waals surface area contributed by atoms with Crippen molar-refractivity contribution < 1.29 is 22.8 Å². The van der Waals surface area contributed by atoms with Crippen molar-refractivity contribution in [2.24, 2.45) is 0 Å². The van der Waals surface area contributed by atoms with Gasteiger partial charge in [0.05, 0.1) is 23.3 Å². The minimum atomic E-state index is -4.25. The van der Waals surface area contributed by atoms with Gasteiger partial charge < -0.3 is 15.6 Å². The van der Waals surface area contributed by atoms with Crippen LogP contribution in [0.15, 0.2) is 6.20 Å². The van der Waals surface area contributed by atoms with Crippen LogP contribution in [-0.2, 0) is 6.42 Å². The highest BCUT2D eigenvalue weighted by Gasteiger charge is 2.40. The fourth-order valence-corrected chi connectivity index (χ4v) is 3.42. The molecule has 27 heavy (non-hydrogen) atoms. The van der Waals surface area contributed by atoms with Gasteiger partial charge in [-0.1, -0.05) is 0 Å². The maximum Gasteiger partial charge on any atom is 0.389 e. The molecule has 146 valence electrons. The maximum absolute atomic E-state index is 12.2. The van der Waals surface area contributed by atoms with E-state index in [4.69, 9.17) is 0 Å². The highest BCUT2D eigenvalue weighted by molar-refractivity contribution is 7.13. The molecule has 0 saturated heterocycles. The zero-order valence-electron chi connectivity index (χ0n) is 14.6. The van der Waals surface area contributed by atoms with E-state index in [2.05, 4.69) is 25.6 Å². The number of aryl methyl sites for hydroxylation is 3. The molecule has 0 spiro atoms. The third-order valence-corrected chi connectivity index (χ3v) is 5.10. The minimum absolute atomic E-state index is 0.199. The van der Waals surface area contributed by atoms with Crippen molar-refractivity contribution in [3.8, 4) is 0 Å². The molecule has 2 aromatic rings. The molecule has 0 radical (unpaired) electrons. The molecular formula is C16H18F3N5O2S. The Kier molecular flexibility index (Phi) is 5.22. The molecule has 2 atom stereocenters. The van der Waals surface area contributed by atoms with Crippen LogP contribution >= 0.6 is 11.3 Å². The van der Waals surface area contributed by atoms with Crippen molar-refractivity contribution in [2.75, 3.05) is 0 Å². The fraction of sp³-hybridized carbons (Fsp3) is 0.500. The molecule has 7 nitrogen and oxygen atoms in total. The zero-order valence-corrected chi connectivity index (χ0v) is 15.4. The number of H-pyrrole nitrogens is 1. The van der Waals surface area contributed by atoms with E-state index in [1.54, 1.807) is 13.8 Å². The van der Waals surface area contributed by atoms with E-state index in [9.17, 15) is 22.8 Å². The number of hydrogen-bond acceptors (Lipinski definition) is 5. The number of aromatic amines is 1. The van der Waals surface area contributed by atoms with Gasteiger partial charge in [0.15, 0.2) is 0 Å². The summed E-state index contributed by atoms with van der Waals surface area (Å²) in [7, 11) is 0. The number of nitrogens with zero attached hydrogens (tertiary/aromatic N) is 2. The van der Waals surface area contributed by atoms with Crippen LogP contribution in [0, 0.1) is 13.8 Å². The van der Waals surface area contributed by atoms with Gasteiger partial charge in [0.1, 0.15) is 16.4 Å². The SMILES string of the molecule is Cc1nc(C(=O)N[C@H]2C[C@@H]2NC(=O)c2cnc(CCC(F)(F)F)s2)c(C)[nH]1. The molecule has 2 aromatic heterocycles. The molecule has 2 heterocycles. The molecular weight excluding hydrogens is 383 g/mol. The molecule has 3 N–H and O–H groups in total. The topological polar surface area (TPSA) is 99.8 Å². The predicted octanol–water partition coefficient (Wildman–Crippen LogP) is 2.28. The van der Waals surface area contributed by atoms with Gasteiger partial charge in [0, 0.05) is 18.5 Å². The van der Waals surface area contributed by atoms with E-state index in [1.165, 1.54) is 6.20 Å². The van der Waals surface area contributed by atoms with Gasteiger partial charge in [-0.15, -0.1) is 11.3 Å². The predicted molar refractivity (Wildman–Crippen MR) is 91.7 cm³/mol. The molecule has 0 aromatic carbocycles. The summed E-state index contributed by atoms with van der Waals surface area (Å²) < 4.78 is 36.7. The second-order valence-electron chi connectivity index (χ2n) is 6.42. The Morgan fingerprint density at radius 1 is 1.26 bits per heavy atom. The van der Waals surface area contributed by atoms with Gasteiger partial charge in [0.2, 0.25) is 0 Å². The van der Waals surface area contributed by atoms with Crippen molar-refractivity contribution >= 4 is 23.2 Å². The standard InChI is InChI=1S/C16H18F3N5O2S/c1-7-13(22-8(2)21-7)15(26)24-10-5-9(10)23-14(25)11-6-20-12(27-11)3-4-16(17,18)19/h6,9-10H,3-5H2,1-2H3,(H,21,22)(H,23,25)(H,24,26)/t9-,10-/m0/s1. The fourth-order valence-electron chi connectivity index (χ4n) is 2.60. The number of aromatic nitrogens is 3. The van der Waals surface area contributed by atoms with E-state index in [0.29, 0.717) is 23.6 Å². The van der Waals surface area contributed by atoms with Crippen molar-refractivity contribution in [2.45, 2.75) is 51.4 Å². The van der Waals surface area contributed by atoms with E-state index in [1.807, 2.05) is 0 Å². The molecule has 1 saturated carbocycles. The first-order valence-electron chi connectivity index (χ1n) is 8.29. The Morgan fingerprint density at radius 2 is 1.93 bits per heavy atom. The Morgan fingerprint density at radius 3 is 2.52 bits per heavy atom. The molecule has 1 fully saturated rings. The summed E-state index contributed by atoms with van der Waals surface area (Å²) in [5, 5.41) is 5.82. The van der Waals surface area contributed by atoms with Crippen LogP contribution in [0.1, 0.15) is 49.5 Å². The molecule has 0 unspecified atom stereocenters. The van der Waals surface area contributed by atoms with Crippen LogP contribution in [0.3, 0.4) is 0 Å². The molecule has 11 heteroatoms. The van der Waals surface area contributed by atoms with Gasteiger partial charge >= 0.3 is 6.18 Å². The average molecular weight is 401 g/mol. The first-order chi connectivity index (χ1) is 12.6. The van der Waals surface area contributed by atoms with Crippen molar-refractivity contribution in [1.29, 1.82) is 0 Å². The quantitative estimate of drug-likeness (QED) is 0.691. The Bertz CT molecular complexity index is 861. The van der Waals surface area contributed by atoms with Crippen LogP contribution in [-0.4, -0.2) is 45.0 Å². The van der Waals surface area contributed by atoms with Gasteiger partial charge in [0.25, 0.3) is 11.8 Å². The van der Waals surface area contributed by atoms with E-state index in [0.717, 1.165) is 11.3 Å². The van der Waals surface area contributed by atoms with Gasteiger partial charge in [-0.25, -0.2) is 9.97 Å². The number of carbonyl (C=O) groups excluding carboxylic acids is 2. The lowest BCUT2D eigenvalue weighted by Crippen LogP contribution is -2.34. The monoisotopic (exact) mass is 401 g/mol. The van der Waals surface area contributed by atoms with Crippen molar-refractivity contribution in [1.82, 2.24) is 25.6 Å². The van der Waals surface area contributed by atoms with Crippen LogP contribution in [0.5, 0.6) is 0 Å². The van der Waals surface area contributed by atoms with Crippen LogP contribution in [0.25, 0.3) is 0 Å². The largest absolute Gasteiger partial charge is 0.389 e. The van der Waals surface area contributed by atoms with E-state index in [-0.39, 0.29) is 34.3 Å². The second-order valence-corrected chi connectivity index (χ2v) is 7.54. The molecule has 1 aliphatic carbocycles. The minimum Gasteiger partial charge on any atom is -0.346 e. The number of thiazole rings is 1. The van der Waals surface area contributed by atoms with Crippen LogP contribution in [0.2, 0.25) is 0 Å². The van der Waals surface area contributed by atoms with Gasteiger partial charge in [-0.05, 0) is 20.3 Å². The highest BCUT2D eigenvalue weighted by Crippen LogP contribution is 2.25. The summed E-state index contributed by atoms with van der Waals surface area (Å²) in [4.78, 5) is 35.5. The summed E-state index contributed by atoms with van der Waals surface area (Å²) in [6, 6.07) is -0.419. The average Bonchev–Trinajstić information content (AvgIpc) is 2.96. The summed E-state index contributed by atoms with van der Waals surface area (Å²) in [6.45, 7) is 3.50. The molecule has 3 rings (SSSR count). The smallest absolute Gasteiger partial charge is 0.346 e. The molecule has 1 aliphatic rings. The number of nitrogens with one attached hydrogen (secondary N) is 3. The number of hydrogen-bond donors (Lipinski definition) is 3. The Labute approximate surface area is 156 Å². The number of imidazole rings is 1. The second kappa shape index (κ2) is 7.29. The number of halogens is 3. The maximum atomic E-state index is 12.2. The first-order valence-corrected chi connectivity index (χ1v) is 9.10. The normalized spacial score (nSPS) is 19.0. The van der Waals surface area contributed by atoms with Gasteiger partial charge in [-0.3, -0.25) is 9.59 Å². The number of amides is 2. The van der Waals surface area contributed by atoms with E-state index < -0.39 is 18.5 Å². The highest BCUT2D eigenvalue weighted by atomic mass is 32.1. The molecule has 2 amide bonds. The van der Waals surface area contributed by atoms with Crippen molar-refractivity contribution in [3.05, 3.63) is 33.3 Å². The Balaban J connectivity index is 1.48. The third kappa shape index (κ3) is 5.06. The lowest BCUT2D eigenvalue weighted by molar-refractivity contribution is -0.134. The van der Waals surface area contributed by atoms with Crippen LogP contribution in [0.4, 0.5) is 13.2 Å². The summed E-state index contributed by atoms with van der Waals surface area (Å²) >= 11 is 0.944. The third-order valence-electron chi connectivity index (χ3n) is 4.04. The number of alkyl halides is 3. The molecule has 0 bridgehead atoms. The Hall–Kier alpha value is -2.43. The zero-order chi connectivity index (χ0) is 19.8. The summed E-state index contributed by atoms with van der Waals surface area (Å²) in [5.41, 5.74) is 0.989. The lowest BCUT2D eigenvalue weighted by Gasteiger charge is -2.05. The summed E-state index contributed by atoms with van der Waals surface area (Å²) in [5.74, 6) is -0.0741. The van der Waals surface area contributed by atoms with Gasteiger partial charge in [-0.2, -0.15) is 13.2 Å². The van der Waals surface area contributed by atoms with Crippen molar-refractivity contribution in [3.63, 3.8) is 0 Å². The number of rotatable bonds is 6. The van der Waals surface area contributed by atoms with E-state index >= 15 is 0 Å². The number of carbonyl (C=O) groups is 2. The summed E-state index contributed by atoms with van der Waals surface area (Å²) in [6.07, 6.45) is -3.60. The van der Waals surface area contributed by atoms with Crippen LogP contribution < -0.4 is 10.6 Å².